The van der Waals surface area contributed by atoms with Gasteiger partial charge in [0.05, 0.1) is 11.8 Å². The molecule has 0 saturated carbocycles. The molecule has 0 radical (unpaired) electrons. The van der Waals surface area contributed by atoms with E-state index in [0.717, 1.165) is 41.9 Å². The number of nitrogens with one attached hydrogen (secondary N) is 1. The van der Waals surface area contributed by atoms with Gasteiger partial charge in [-0.2, -0.15) is 0 Å². The second-order valence-corrected chi connectivity index (χ2v) is 4.26. The number of carbonyl (C=O) groups excluding carboxylic acids is 1. The molecule has 2 rings (SSSR count). The molecule has 0 aliphatic heterocycles. The number of rotatable bonds is 1. The third-order valence-corrected chi connectivity index (χ3v) is 2.82. The lowest BCUT2D eigenvalue weighted by atomic mass is 9.92. The van der Waals surface area contributed by atoms with E-state index in [1.54, 1.807) is 0 Å². The Morgan fingerprint density at radius 3 is 3.06 bits per heavy atom. The molecule has 0 bridgehead atoms. The Labute approximate surface area is 94.7 Å². The first-order valence-electron chi connectivity index (χ1n) is 5.54. The van der Waals surface area contributed by atoms with Crippen molar-refractivity contribution in [2.45, 2.75) is 39.2 Å². The Kier molecular flexibility index (Phi) is 2.92. The van der Waals surface area contributed by atoms with E-state index in [9.17, 15) is 9.90 Å². The average Bonchev–Trinajstić information content (AvgIpc) is 2.18. The summed E-state index contributed by atoms with van der Waals surface area (Å²) in [4.78, 5) is 15.5. The van der Waals surface area contributed by atoms with Gasteiger partial charge in [0.25, 0.3) is 0 Å². The molecule has 1 aliphatic carbocycles. The minimum atomic E-state index is -0.490. The van der Waals surface area contributed by atoms with E-state index in [1.165, 1.54) is 6.92 Å². The molecule has 1 aromatic rings. The molecule has 1 unspecified atom stereocenters. The quantitative estimate of drug-likeness (QED) is 0.757. The van der Waals surface area contributed by atoms with Crippen LogP contribution >= 0.6 is 0 Å². The van der Waals surface area contributed by atoms with Gasteiger partial charge >= 0.3 is 0 Å². The van der Waals surface area contributed by atoms with Crippen LogP contribution in [0, 0.1) is 6.92 Å². The van der Waals surface area contributed by atoms with E-state index in [-0.39, 0.29) is 5.91 Å². The summed E-state index contributed by atoms with van der Waals surface area (Å²) in [5.74, 6) is -0.0899. The minimum Gasteiger partial charge on any atom is -0.387 e. The third kappa shape index (κ3) is 2.07. The van der Waals surface area contributed by atoms with Gasteiger partial charge < -0.3 is 10.4 Å². The maximum Gasteiger partial charge on any atom is 0.221 e. The lowest BCUT2D eigenvalue weighted by molar-refractivity contribution is -0.114. The summed E-state index contributed by atoms with van der Waals surface area (Å²) in [5.41, 5.74) is 3.34. The van der Waals surface area contributed by atoms with E-state index in [2.05, 4.69) is 10.3 Å². The Morgan fingerprint density at radius 1 is 1.62 bits per heavy atom. The van der Waals surface area contributed by atoms with Crippen molar-refractivity contribution < 1.29 is 9.90 Å². The molecule has 4 heteroatoms. The molecule has 2 N–H and O–H groups in total. The van der Waals surface area contributed by atoms with Crippen molar-refractivity contribution in [3.8, 4) is 0 Å². The van der Waals surface area contributed by atoms with E-state index < -0.39 is 6.10 Å². The highest BCUT2D eigenvalue weighted by atomic mass is 16.3. The molecule has 1 aliphatic rings. The highest BCUT2D eigenvalue weighted by Gasteiger charge is 2.22. The van der Waals surface area contributed by atoms with Crippen molar-refractivity contribution in [3.63, 3.8) is 0 Å². The lowest BCUT2D eigenvalue weighted by Crippen LogP contribution is -2.17. The van der Waals surface area contributed by atoms with Crippen LogP contribution in [-0.4, -0.2) is 16.0 Å². The normalized spacial score (nSPS) is 19.1. The highest BCUT2D eigenvalue weighted by molar-refractivity contribution is 5.89. The molecular formula is C12H16N2O2. The molecule has 4 nitrogen and oxygen atoms in total. The lowest BCUT2D eigenvalue weighted by Gasteiger charge is -2.23. The number of carbonyl (C=O) groups is 1. The number of pyridine rings is 1. The summed E-state index contributed by atoms with van der Waals surface area (Å²) in [7, 11) is 0. The van der Waals surface area contributed by atoms with E-state index in [0.29, 0.717) is 0 Å². The van der Waals surface area contributed by atoms with Crippen molar-refractivity contribution in [1.29, 1.82) is 0 Å². The summed E-state index contributed by atoms with van der Waals surface area (Å²) in [5, 5.41) is 12.7. The fourth-order valence-corrected chi connectivity index (χ4v) is 2.17. The summed E-state index contributed by atoms with van der Waals surface area (Å²) in [6, 6.07) is 1.86. The van der Waals surface area contributed by atoms with Gasteiger partial charge in [-0.05, 0) is 37.8 Å². The van der Waals surface area contributed by atoms with Crippen LogP contribution < -0.4 is 5.32 Å². The largest absolute Gasteiger partial charge is 0.387 e. The molecule has 86 valence electrons. The number of hydrogen-bond acceptors (Lipinski definition) is 3. The van der Waals surface area contributed by atoms with Gasteiger partial charge in [-0.1, -0.05) is 0 Å². The second-order valence-electron chi connectivity index (χ2n) is 4.26. The summed E-state index contributed by atoms with van der Waals surface area (Å²) in [6.07, 6.45) is 2.07. The van der Waals surface area contributed by atoms with Crippen molar-refractivity contribution >= 4 is 11.6 Å². The van der Waals surface area contributed by atoms with Gasteiger partial charge in [0.2, 0.25) is 5.91 Å². The van der Waals surface area contributed by atoms with E-state index in [4.69, 9.17) is 0 Å². The number of amides is 1. The molecule has 0 aromatic carbocycles. The molecule has 16 heavy (non-hydrogen) atoms. The second kappa shape index (κ2) is 4.22. The first-order chi connectivity index (χ1) is 7.58. The van der Waals surface area contributed by atoms with Gasteiger partial charge in [0, 0.05) is 18.3 Å². The summed E-state index contributed by atoms with van der Waals surface area (Å²) < 4.78 is 0. The Hall–Kier alpha value is -1.42. The van der Waals surface area contributed by atoms with Crippen LogP contribution in [0.3, 0.4) is 0 Å². The molecule has 1 heterocycles. The van der Waals surface area contributed by atoms with Gasteiger partial charge in [-0.3, -0.25) is 9.78 Å². The molecule has 0 spiro atoms. The number of nitrogens with zero attached hydrogens (tertiary/aromatic N) is 1. The molecule has 1 aromatic heterocycles. The van der Waals surface area contributed by atoms with Crippen LogP contribution in [0.5, 0.6) is 0 Å². The Bertz CT molecular complexity index is 429. The number of hydrogen-bond donors (Lipinski definition) is 2. The fraction of sp³-hybridized carbons (Fsp3) is 0.500. The highest BCUT2D eigenvalue weighted by Crippen LogP contribution is 2.33. The van der Waals surface area contributed by atoms with Gasteiger partial charge in [0.15, 0.2) is 0 Å². The number of aliphatic hydroxyl groups excluding tert-OH is 1. The van der Waals surface area contributed by atoms with Gasteiger partial charge in [-0.25, -0.2) is 0 Å². The predicted molar refractivity (Wildman–Crippen MR) is 61.2 cm³/mol. The predicted octanol–water partition coefficient (Wildman–Crippen LogP) is 1.72. The van der Waals surface area contributed by atoms with Crippen molar-refractivity contribution in [3.05, 3.63) is 23.0 Å². The van der Waals surface area contributed by atoms with Crippen LogP contribution in [0.25, 0.3) is 0 Å². The van der Waals surface area contributed by atoms with Gasteiger partial charge in [-0.15, -0.1) is 0 Å². The summed E-state index contributed by atoms with van der Waals surface area (Å²) >= 11 is 0. The van der Waals surface area contributed by atoms with E-state index >= 15 is 0 Å². The maximum absolute atomic E-state index is 11.1. The van der Waals surface area contributed by atoms with Crippen LogP contribution in [0.2, 0.25) is 0 Å². The van der Waals surface area contributed by atoms with Crippen molar-refractivity contribution in [1.82, 2.24) is 4.98 Å². The zero-order chi connectivity index (χ0) is 11.7. The summed E-state index contributed by atoms with van der Waals surface area (Å²) in [6.45, 7) is 3.36. The van der Waals surface area contributed by atoms with Crippen LogP contribution in [0.4, 0.5) is 5.69 Å². The molecule has 1 amide bonds. The number of fused-ring (bicyclic) bond motifs is 1. The number of aryl methyl sites for hydroxylation is 1. The molecule has 1 atom stereocenters. The van der Waals surface area contributed by atoms with Crippen LogP contribution in [-0.2, 0) is 11.2 Å². The topological polar surface area (TPSA) is 62.2 Å². The molecule has 0 saturated heterocycles. The first kappa shape index (κ1) is 11.1. The number of aromatic nitrogens is 1. The zero-order valence-corrected chi connectivity index (χ0v) is 9.58. The third-order valence-electron chi connectivity index (χ3n) is 2.82. The Balaban J connectivity index is 2.48. The van der Waals surface area contributed by atoms with Gasteiger partial charge in [0.1, 0.15) is 0 Å². The molecule has 0 fully saturated rings. The van der Waals surface area contributed by atoms with Crippen LogP contribution in [0.1, 0.15) is 42.8 Å². The maximum atomic E-state index is 11.1. The standard InChI is InChI=1S/C12H16N2O2/c1-7-6-10(14-8(2)15)9-4-3-5-11(16)12(9)13-7/h6,11,16H,3-5H2,1-2H3,(H,13,14,15). The smallest absolute Gasteiger partial charge is 0.221 e. The Morgan fingerprint density at radius 2 is 2.38 bits per heavy atom. The number of anilines is 1. The van der Waals surface area contributed by atoms with Crippen LogP contribution in [0.15, 0.2) is 6.07 Å². The van der Waals surface area contributed by atoms with Crippen molar-refractivity contribution in [2.75, 3.05) is 5.32 Å². The average molecular weight is 220 g/mol. The monoisotopic (exact) mass is 220 g/mol. The number of aliphatic hydroxyl groups is 1. The SMILES string of the molecule is CC(=O)Nc1cc(C)nc2c1CCCC2O. The minimum absolute atomic E-state index is 0.0899. The first-order valence-corrected chi connectivity index (χ1v) is 5.54. The fourth-order valence-electron chi connectivity index (χ4n) is 2.17. The van der Waals surface area contributed by atoms with E-state index in [1.807, 2.05) is 13.0 Å². The van der Waals surface area contributed by atoms with Crippen molar-refractivity contribution in [2.24, 2.45) is 0 Å². The molecular weight excluding hydrogens is 204 g/mol. The zero-order valence-electron chi connectivity index (χ0n) is 9.58.